The first-order chi connectivity index (χ1) is 16.7. The third-order valence-corrected chi connectivity index (χ3v) is 6.38. The van der Waals surface area contributed by atoms with Crippen molar-refractivity contribution in [3.63, 3.8) is 0 Å². The SMILES string of the molecule is COc1[c-]c2c(cc1OC)-c1ccccc1C2.COc1[c-]c2c(cc1OC)-c1ccccc1C2.[Cl-].[Cl-].[Ti+4]. The molecule has 7 heteroatoms. The molecule has 0 N–H and O–H groups in total. The number of ether oxygens (including phenoxy) is 4. The molecule has 0 saturated heterocycles. The Balaban J connectivity index is 0.000000241. The summed E-state index contributed by atoms with van der Waals surface area (Å²) in [6.45, 7) is 0. The van der Waals surface area contributed by atoms with Crippen LogP contribution in [-0.4, -0.2) is 28.4 Å². The summed E-state index contributed by atoms with van der Waals surface area (Å²) in [4.78, 5) is 0. The Morgan fingerprint density at radius 2 is 0.919 bits per heavy atom. The molecule has 0 aliphatic heterocycles. The molecule has 0 fully saturated rings. The van der Waals surface area contributed by atoms with E-state index < -0.39 is 0 Å². The maximum atomic E-state index is 5.32. The van der Waals surface area contributed by atoms with Crippen molar-refractivity contribution in [2.24, 2.45) is 0 Å². The van der Waals surface area contributed by atoms with Crippen LogP contribution in [0.1, 0.15) is 22.3 Å². The van der Waals surface area contributed by atoms with Gasteiger partial charge in [-0.05, 0) is 12.8 Å². The van der Waals surface area contributed by atoms with E-state index in [0.717, 1.165) is 24.3 Å². The van der Waals surface area contributed by atoms with Gasteiger partial charge in [-0.3, -0.25) is 0 Å². The second kappa shape index (κ2) is 13.3. The summed E-state index contributed by atoms with van der Waals surface area (Å²) in [6, 6.07) is 27.5. The Hall–Kier alpha value is -2.63. The molecule has 0 radical (unpaired) electrons. The topological polar surface area (TPSA) is 36.9 Å². The largest absolute Gasteiger partial charge is 4.00 e. The van der Waals surface area contributed by atoms with Crippen molar-refractivity contribution in [2.75, 3.05) is 28.4 Å². The smallest absolute Gasteiger partial charge is 1.00 e. The number of fused-ring (bicyclic) bond motifs is 6. The molecule has 0 spiro atoms. The molecule has 0 aromatic heterocycles. The molecule has 4 aromatic rings. The summed E-state index contributed by atoms with van der Waals surface area (Å²) < 4.78 is 21.2. The van der Waals surface area contributed by atoms with Crippen LogP contribution in [0, 0.1) is 12.1 Å². The van der Waals surface area contributed by atoms with Crippen molar-refractivity contribution in [3.8, 4) is 45.3 Å². The van der Waals surface area contributed by atoms with Crippen LogP contribution in [0.4, 0.5) is 0 Å². The van der Waals surface area contributed by atoms with E-state index in [4.69, 9.17) is 18.9 Å². The van der Waals surface area contributed by atoms with Gasteiger partial charge in [0.05, 0.1) is 28.4 Å². The van der Waals surface area contributed by atoms with Gasteiger partial charge >= 0.3 is 21.7 Å². The zero-order chi connectivity index (χ0) is 23.7. The molecule has 0 heterocycles. The summed E-state index contributed by atoms with van der Waals surface area (Å²) in [5, 5.41) is 0. The Morgan fingerprint density at radius 3 is 1.27 bits per heavy atom. The van der Waals surface area contributed by atoms with E-state index in [1.54, 1.807) is 28.4 Å². The molecule has 2 aliphatic carbocycles. The molecule has 0 unspecified atom stereocenters. The normalized spacial score (nSPS) is 10.9. The maximum Gasteiger partial charge on any atom is 4.00 e. The average molecular weight is 569 g/mol. The van der Waals surface area contributed by atoms with Crippen LogP contribution in [0.2, 0.25) is 0 Å². The van der Waals surface area contributed by atoms with E-state index in [1.807, 2.05) is 12.1 Å². The summed E-state index contributed by atoms with van der Waals surface area (Å²) in [6.07, 6.45) is 1.84. The molecule has 188 valence electrons. The number of hydrogen-bond acceptors (Lipinski definition) is 4. The van der Waals surface area contributed by atoms with Crippen molar-refractivity contribution in [2.45, 2.75) is 12.8 Å². The number of methoxy groups -OCH3 is 4. The van der Waals surface area contributed by atoms with Gasteiger partial charge in [0.15, 0.2) is 0 Å². The molecular weight excluding hydrogens is 543 g/mol. The fourth-order valence-electron chi connectivity index (χ4n) is 4.72. The number of halogens is 2. The average Bonchev–Trinajstić information content (AvgIpc) is 3.44. The fraction of sp³-hybridized carbons (Fsp3) is 0.200. The molecule has 4 nitrogen and oxygen atoms in total. The van der Waals surface area contributed by atoms with E-state index in [0.29, 0.717) is 11.5 Å². The van der Waals surface area contributed by atoms with E-state index in [9.17, 15) is 0 Å². The molecule has 2 aliphatic rings. The van der Waals surface area contributed by atoms with Crippen LogP contribution < -0.4 is 43.8 Å². The van der Waals surface area contributed by atoms with Gasteiger partial charge in [0.2, 0.25) is 0 Å². The molecule has 4 aromatic carbocycles. The summed E-state index contributed by atoms with van der Waals surface area (Å²) in [7, 11) is 6.59. The van der Waals surface area contributed by atoms with Gasteiger partial charge < -0.3 is 43.8 Å². The Kier molecular flexibility index (Phi) is 11.0. The van der Waals surface area contributed by atoms with Crippen LogP contribution in [-0.2, 0) is 34.6 Å². The first-order valence-electron chi connectivity index (χ1n) is 11.2. The Morgan fingerprint density at radius 1 is 0.541 bits per heavy atom. The fourth-order valence-corrected chi connectivity index (χ4v) is 4.72. The van der Waals surface area contributed by atoms with Crippen molar-refractivity contribution in [3.05, 3.63) is 95.1 Å². The Bertz CT molecular complexity index is 1270. The molecule has 6 rings (SSSR count). The third-order valence-electron chi connectivity index (χ3n) is 6.38. The zero-order valence-electron chi connectivity index (χ0n) is 21.1. The maximum absolute atomic E-state index is 5.32. The van der Waals surface area contributed by atoms with Crippen molar-refractivity contribution < 1.29 is 65.5 Å². The Labute approximate surface area is 246 Å². The van der Waals surface area contributed by atoms with Gasteiger partial charge in [0.1, 0.15) is 0 Å². The van der Waals surface area contributed by atoms with Crippen LogP contribution >= 0.6 is 0 Å². The van der Waals surface area contributed by atoms with E-state index >= 15 is 0 Å². The van der Waals surface area contributed by atoms with Gasteiger partial charge in [-0.1, -0.05) is 70.8 Å². The summed E-state index contributed by atoms with van der Waals surface area (Å²) in [5.74, 6) is 2.84. The summed E-state index contributed by atoms with van der Waals surface area (Å²) in [5.41, 5.74) is 10.0. The van der Waals surface area contributed by atoms with Gasteiger partial charge in [-0.2, -0.15) is 0 Å². The quantitative estimate of drug-likeness (QED) is 0.224. The molecule has 37 heavy (non-hydrogen) atoms. The van der Waals surface area contributed by atoms with Gasteiger partial charge in [-0.15, -0.1) is 46.5 Å². The number of rotatable bonds is 4. The monoisotopic (exact) mass is 568 g/mol. The van der Waals surface area contributed by atoms with Gasteiger partial charge in [0.25, 0.3) is 0 Å². The molecule has 0 bridgehead atoms. The van der Waals surface area contributed by atoms with Crippen LogP contribution in [0.3, 0.4) is 0 Å². The standard InChI is InChI=1S/2C15H13O2.2ClH.Ti/c2*1-16-14-8-11-7-10-5-3-4-6-12(10)13(11)9-15(14)17-2;;;/h2*3-6,9H,7H2,1-2H3;2*1H;/q2*-1;;;+4/p-2. The van der Waals surface area contributed by atoms with Crippen molar-refractivity contribution >= 4 is 0 Å². The molecule has 0 amide bonds. The first-order valence-corrected chi connectivity index (χ1v) is 11.2. The van der Waals surface area contributed by atoms with E-state index in [1.165, 1.54) is 44.5 Å². The van der Waals surface area contributed by atoms with Gasteiger partial charge in [0, 0.05) is 23.0 Å². The minimum absolute atomic E-state index is 0. The molecule has 0 saturated carbocycles. The predicted octanol–water partition coefficient (Wildman–Crippen LogP) is 0.156. The van der Waals surface area contributed by atoms with Crippen LogP contribution in [0.25, 0.3) is 22.3 Å². The van der Waals surface area contributed by atoms with Crippen molar-refractivity contribution in [1.29, 1.82) is 0 Å². The second-order valence-electron chi connectivity index (χ2n) is 8.19. The van der Waals surface area contributed by atoms with Crippen LogP contribution in [0.5, 0.6) is 23.0 Å². The van der Waals surface area contributed by atoms with E-state index in [2.05, 4.69) is 60.7 Å². The zero-order valence-corrected chi connectivity index (χ0v) is 24.2. The third kappa shape index (κ3) is 5.78. The van der Waals surface area contributed by atoms with Crippen LogP contribution in [0.15, 0.2) is 60.7 Å². The minimum Gasteiger partial charge on any atom is -1.00 e. The minimum atomic E-state index is 0. The number of benzene rings is 4. The van der Waals surface area contributed by atoms with Crippen molar-refractivity contribution in [1.82, 2.24) is 0 Å². The second-order valence-corrected chi connectivity index (χ2v) is 8.19. The van der Waals surface area contributed by atoms with E-state index in [-0.39, 0.29) is 46.5 Å². The summed E-state index contributed by atoms with van der Waals surface area (Å²) >= 11 is 0. The molecular formula is C30H26Cl2O4Ti. The first kappa shape index (κ1) is 30.6. The predicted molar refractivity (Wildman–Crippen MR) is 133 cm³/mol. The van der Waals surface area contributed by atoms with Gasteiger partial charge in [-0.25, -0.2) is 0 Å². The number of hydrogen-bond donors (Lipinski definition) is 0. The molecule has 0 atom stereocenters.